The van der Waals surface area contributed by atoms with Gasteiger partial charge in [-0.15, -0.1) is 5.10 Å². The van der Waals surface area contributed by atoms with Gasteiger partial charge in [-0.3, -0.25) is 14.9 Å². The van der Waals surface area contributed by atoms with Crippen molar-refractivity contribution >= 4 is 28.1 Å². The maximum absolute atomic E-state index is 12.8. The molecule has 5 rings (SSSR count). The van der Waals surface area contributed by atoms with Gasteiger partial charge in [-0.25, -0.2) is 0 Å². The predicted molar refractivity (Wildman–Crippen MR) is 119 cm³/mol. The lowest BCUT2D eigenvalue weighted by molar-refractivity contribution is -0.384. The van der Waals surface area contributed by atoms with Gasteiger partial charge in [0.15, 0.2) is 5.82 Å². The van der Waals surface area contributed by atoms with E-state index in [9.17, 15) is 14.9 Å². The van der Waals surface area contributed by atoms with E-state index in [-0.39, 0.29) is 11.2 Å². The Morgan fingerprint density at radius 2 is 2.00 bits per heavy atom. The largest absolute Gasteiger partial charge is 0.496 e. The molecule has 158 valence electrons. The Bertz CT molecular complexity index is 1580. The van der Waals surface area contributed by atoms with E-state index in [1.54, 1.807) is 43.5 Å². The minimum Gasteiger partial charge on any atom is -0.496 e. The molecule has 3 heterocycles. The van der Waals surface area contributed by atoms with E-state index in [1.165, 1.54) is 28.0 Å². The highest BCUT2D eigenvalue weighted by Crippen LogP contribution is 2.28. The van der Waals surface area contributed by atoms with Crippen molar-refractivity contribution in [1.29, 1.82) is 0 Å². The summed E-state index contributed by atoms with van der Waals surface area (Å²) in [7, 11) is 1.56. The van der Waals surface area contributed by atoms with Crippen molar-refractivity contribution in [3.8, 4) is 28.5 Å². The quantitative estimate of drug-likeness (QED) is 0.300. The zero-order valence-electron chi connectivity index (χ0n) is 16.6. The SMILES string of the molecule is COc1ccccc1-c1nc2s/c(=C\c3ccc(-c4cccc([N+](=O)[O-])c4)o3)c(=O)n2n1. The molecule has 0 radical (unpaired) electrons. The van der Waals surface area contributed by atoms with Crippen LogP contribution in [0.15, 0.2) is 69.9 Å². The Labute approximate surface area is 184 Å². The summed E-state index contributed by atoms with van der Waals surface area (Å²) < 4.78 is 12.8. The number of para-hydroxylation sites is 1. The lowest BCUT2D eigenvalue weighted by atomic mass is 10.1. The van der Waals surface area contributed by atoms with E-state index in [0.717, 1.165) is 0 Å². The number of hydrogen-bond donors (Lipinski definition) is 0. The van der Waals surface area contributed by atoms with Crippen LogP contribution in [-0.2, 0) is 0 Å². The Balaban J connectivity index is 1.51. The number of fused-ring (bicyclic) bond motifs is 1. The number of nitrogens with zero attached hydrogens (tertiary/aromatic N) is 4. The van der Waals surface area contributed by atoms with Crippen molar-refractivity contribution < 1.29 is 14.1 Å². The lowest BCUT2D eigenvalue weighted by Crippen LogP contribution is -2.23. The monoisotopic (exact) mass is 446 g/mol. The summed E-state index contributed by atoms with van der Waals surface area (Å²) in [6.45, 7) is 0. The molecule has 0 amide bonds. The number of nitro benzene ring substituents is 1. The lowest BCUT2D eigenvalue weighted by Gasteiger charge is -2.03. The maximum Gasteiger partial charge on any atom is 0.291 e. The van der Waals surface area contributed by atoms with Crippen molar-refractivity contribution in [2.75, 3.05) is 7.11 Å². The number of rotatable bonds is 5. The van der Waals surface area contributed by atoms with Crippen LogP contribution in [0.4, 0.5) is 5.69 Å². The van der Waals surface area contributed by atoms with Gasteiger partial charge in [0, 0.05) is 23.8 Å². The first-order valence-electron chi connectivity index (χ1n) is 9.43. The van der Waals surface area contributed by atoms with Gasteiger partial charge in [0.25, 0.3) is 11.2 Å². The molecule has 0 fully saturated rings. The molecular formula is C22H14N4O5S. The standard InChI is InChI=1S/C22H14N4O5S/c1-30-18-8-3-2-7-16(18)20-23-22-25(24-20)21(27)19(32-22)12-15-9-10-17(31-15)13-5-4-6-14(11-13)26(28)29/h2-12H,1H3/b19-12-. The predicted octanol–water partition coefficient (Wildman–Crippen LogP) is 3.54. The van der Waals surface area contributed by atoms with E-state index in [1.807, 2.05) is 18.2 Å². The molecule has 0 bridgehead atoms. The Kier molecular flexibility index (Phi) is 4.75. The highest BCUT2D eigenvalue weighted by atomic mass is 32.1. The van der Waals surface area contributed by atoms with Crippen LogP contribution in [0.2, 0.25) is 0 Å². The molecule has 0 aliphatic carbocycles. The number of thiazole rings is 1. The van der Waals surface area contributed by atoms with Crippen molar-refractivity contribution in [3.63, 3.8) is 0 Å². The summed E-state index contributed by atoms with van der Waals surface area (Å²) in [5.41, 5.74) is 0.934. The fourth-order valence-corrected chi connectivity index (χ4v) is 4.15. The Morgan fingerprint density at radius 3 is 2.78 bits per heavy atom. The van der Waals surface area contributed by atoms with Crippen LogP contribution < -0.4 is 14.8 Å². The second-order valence-corrected chi connectivity index (χ2v) is 7.76. The molecule has 10 heteroatoms. The van der Waals surface area contributed by atoms with Crippen LogP contribution >= 0.6 is 11.3 Å². The van der Waals surface area contributed by atoms with Gasteiger partial charge in [0.1, 0.15) is 21.8 Å². The highest BCUT2D eigenvalue weighted by molar-refractivity contribution is 7.15. The van der Waals surface area contributed by atoms with Crippen LogP contribution in [0.3, 0.4) is 0 Å². The summed E-state index contributed by atoms with van der Waals surface area (Å²) in [6.07, 6.45) is 1.60. The molecule has 0 aliphatic rings. The van der Waals surface area contributed by atoms with Gasteiger partial charge >= 0.3 is 0 Å². The average molecular weight is 446 g/mol. The summed E-state index contributed by atoms with van der Waals surface area (Å²) in [4.78, 5) is 28.3. The molecule has 32 heavy (non-hydrogen) atoms. The van der Waals surface area contributed by atoms with E-state index < -0.39 is 4.92 Å². The van der Waals surface area contributed by atoms with Gasteiger partial charge in [0.05, 0.1) is 17.6 Å². The average Bonchev–Trinajstić information content (AvgIpc) is 3.51. The first-order valence-corrected chi connectivity index (χ1v) is 10.2. The van der Waals surface area contributed by atoms with Crippen LogP contribution in [0.5, 0.6) is 5.75 Å². The van der Waals surface area contributed by atoms with E-state index >= 15 is 0 Å². The molecular weight excluding hydrogens is 432 g/mol. The number of benzene rings is 2. The number of nitro groups is 1. The fraction of sp³-hybridized carbons (Fsp3) is 0.0455. The van der Waals surface area contributed by atoms with E-state index in [0.29, 0.717) is 43.7 Å². The molecule has 9 nitrogen and oxygen atoms in total. The summed E-state index contributed by atoms with van der Waals surface area (Å²) in [5.74, 6) is 1.93. The number of non-ortho nitro benzene ring substituents is 1. The third-order valence-electron chi connectivity index (χ3n) is 4.77. The molecule has 0 saturated carbocycles. The molecule has 3 aromatic heterocycles. The highest BCUT2D eigenvalue weighted by Gasteiger charge is 2.15. The van der Waals surface area contributed by atoms with E-state index in [4.69, 9.17) is 9.15 Å². The molecule has 0 atom stereocenters. The second kappa shape index (κ2) is 7.75. The molecule has 0 saturated heterocycles. The number of aromatic nitrogens is 3. The maximum atomic E-state index is 12.8. The normalized spacial score (nSPS) is 11.8. The number of methoxy groups -OCH3 is 1. The minimum atomic E-state index is -0.461. The zero-order chi connectivity index (χ0) is 22.2. The third-order valence-corrected chi connectivity index (χ3v) is 5.73. The summed E-state index contributed by atoms with van der Waals surface area (Å²) >= 11 is 1.19. The number of hydrogen-bond acceptors (Lipinski definition) is 8. The van der Waals surface area contributed by atoms with Gasteiger partial charge in [-0.2, -0.15) is 9.50 Å². The van der Waals surface area contributed by atoms with Gasteiger partial charge in [0.2, 0.25) is 4.96 Å². The minimum absolute atomic E-state index is 0.0253. The molecule has 0 aliphatic heterocycles. The van der Waals surface area contributed by atoms with Crippen LogP contribution in [0.25, 0.3) is 33.7 Å². The van der Waals surface area contributed by atoms with Gasteiger partial charge < -0.3 is 9.15 Å². The van der Waals surface area contributed by atoms with Crippen LogP contribution in [0.1, 0.15) is 5.76 Å². The number of ether oxygens (including phenoxy) is 1. The first kappa shape index (κ1) is 19.6. The summed E-state index contributed by atoms with van der Waals surface area (Å²) in [6, 6.07) is 16.9. The fourth-order valence-electron chi connectivity index (χ4n) is 3.26. The van der Waals surface area contributed by atoms with E-state index in [2.05, 4.69) is 10.1 Å². The van der Waals surface area contributed by atoms with Gasteiger partial charge in [-0.05, 0) is 24.3 Å². The van der Waals surface area contributed by atoms with Crippen molar-refractivity contribution in [3.05, 3.63) is 91.4 Å². The van der Waals surface area contributed by atoms with Gasteiger partial charge in [-0.1, -0.05) is 35.6 Å². The molecule has 0 unspecified atom stereocenters. The molecule has 5 aromatic rings. The van der Waals surface area contributed by atoms with Crippen LogP contribution in [0, 0.1) is 10.1 Å². The zero-order valence-corrected chi connectivity index (χ0v) is 17.4. The summed E-state index contributed by atoms with van der Waals surface area (Å²) in [5, 5.41) is 15.3. The second-order valence-electron chi connectivity index (χ2n) is 6.76. The Morgan fingerprint density at radius 1 is 1.16 bits per heavy atom. The third kappa shape index (κ3) is 3.42. The van der Waals surface area contributed by atoms with Crippen molar-refractivity contribution in [2.24, 2.45) is 0 Å². The topological polar surface area (TPSA) is 113 Å². The Hall–Kier alpha value is -4.31. The van der Waals surface area contributed by atoms with Crippen LogP contribution in [-0.4, -0.2) is 26.6 Å². The molecule has 0 spiro atoms. The smallest absolute Gasteiger partial charge is 0.291 e. The van der Waals surface area contributed by atoms with Crippen molar-refractivity contribution in [1.82, 2.24) is 14.6 Å². The molecule has 0 N–H and O–H groups in total. The van der Waals surface area contributed by atoms with Crippen molar-refractivity contribution in [2.45, 2.75) is 0 Å². The number of furan rings is 1. The first-order chi connectivity index (χ1) is 15.5. The molecule has 2 aromatic carbocycles.